The maximum Gasteiger partial charge on any atom is 0.231 e. The van der Waals surface area contributed by atoms with E-state index < -0.39 is 0 Å². The minimum atomic E-state index is -0.295. The molecule has 4 heterocycles. The summed E-state index contributed by atoms with van der Waals surface area (Å²) in [5.41, 5.74) is 4.81. The van der Waals surface area contributed by atoms with Crippen molar-refractivity contribution in [3.8, 4) is 11.5 Å². The van der Waals surface area contributed by atoms with Crippen LogP contribution in [0.3, 0.4) is 0 Å². The fourth-order valence-corrected chi connectivity index (χ4v) is 7.30. The van der Waals surface area contributed by atoms with Gasteiger partial charge >= 0.3 is 0 Å². The van der Waals surface area contributed by atoms with Crippen LogP contribution < -0.4 is 41.4 Å². The molecule has 7 aromatic carbocycles. The highest BCUT2D eigenvalue weighted by molar-refractivity contribution is 7.81. The number of aromatic nitrogens is 3. The number of hydrogen-bond acceptors (Lipinski definition) is 11. The molecule has 0 unspecified atom stereocenters. The van der Waals surface area contributed by atoms with E-state index in [-0.39, 0.29) is 12.6 Å². The van der Waals surface area contributed by atoms with Gasteiger partial charge in [-0.3, -0.25) is 0 Å². The monoisotopic (exact) mass is 933 g/mol. The van der Waals surface area contributed by atoms with Crippen LogP contribution in [-0.2, 0) is 6.54 Å². The van der Waals surface area contributed by atoms with Crippen molar-refractivity contribution in [3.63, 3.8) is 0 Å². The Bertz CT molecular complexity index is 3340. The van der Waals surface area contributed by atoms with Crippen molar-refractivity contribution in [2.24, 2.45) is 0 Å². The molecule has 10 aromatic rings. The molecule has 0 saturated heterocycles. The van der Waals surface area contributed by atoms with Gasteiger partial charge in [0.1, 0.15) is 5.82 Å². The molecule has 1 aliphatic rings. The standard InChI is InChI=1S/C18H13N3OS.C16H13N3O3S.C14H10FN3OS/c23-18(20-17-14-9-3-4-11-16(14)22-21-17)19-15-10-5-7-12-6-1-2-8-13(12)15;23-16(18-15-11-3-1-2-4-12(11)22-19-15)17-8-10-5-6-13-14(7-10)21-9-20-13;15-9-5-7-10(8-6-9)16-14(20)17-13-11-3-1-2-4-12(11)19-18-13/h1-11H,(H2,19,20,21,23);1-7H,8-9H2,(H2,17,18,19,23);1-8H,(H2,16,17,18,20). The van der Waals surface area contributed by atoms with Crippen LogP contribution in [0.25, 0.3) is 43.7 Å². The third-order valence-electron chi connectivity index (χ3n) is 9.86. The van der Waals surface area contributed by atoms with E-state index in [0.29, 0.717) is 56.2 Å². The van der Waals surface area contributed by atoms with Gasteiger partial charge in [0.2, 0.25) is 6.79 Å². The van der Waals surface area contributed by atoms with E-state index in [9.17, 15) is 4.39 Å². The summed E-state index contributed by atoms with van der Waals surface area (Å²) in [5.74, 6) is 2.98. The van der Waals surface area contributed by atoms with Gasteiger partial charge in [-0.05, 0) is 126 Å². The summed E-state index contributed by atoms with van der Waals surface area (Å²) in [5, 5.41) is 36.5. The minimum Gasteiger partial charge on any atom is -0.454 e. The lowest BCUT2D eigenvalue weighted by molar-refractivity contribution is 0.174. The van der Waals surface area contributed by atoms with Gasteiger partial charge in [0.25, 0.3) is 0 Å². The number of hydrogen-bond donors (Lipinski definition) is 6. The number of rotatable bonds is 7. The molecule has 11 rings (SSSR count). The maximum atomic E-state index is 12.8. The molecule has 0 radical (unpaired) electrons. The van der Waals surface area contributed by atoms with Crippen LogP contribution in [0.2, 0.25) is 0 Å². The number of ether oxygens (including phenoxy) is 2. The minimum absolute atomic E-state index is 0.269. The van der Waals surface area contributed by atoms with Gasteiger partial charge in [0.15, 0.2) is 61.0 Å². The van der Waals surface area contributed by atoms with E-state index in [4.69, 9.17) is 59.7 Å². The highest BCUT2D eigenvalue weighted by atomic mass is 32.1. The van der Waals surface area contributed by atoms with Crippen molar-refractivity contribution in [3.05, 3.63) is 169 Å². The van der Waals surface area contributed by atoms with Crippen molar-refractivity contribution in [2.75, 3.05) is 33.4 Å². The SMILES string of the molecule is Fc1ccc(NC(=S)Nc2noc3ccccc23)cc1.S=C(NCc1ccc2c(c1)OCO2)Nc1noc2ccccc12.S=C(Nc1cccc2ccccc12)Nc1noc2ccccc12. The first-order chi connectivity index (χ1) is 32.3. The van der Waals surface area contributed by atoms with Crippen LogP contribution in [-0.4, -0.2) is 37.6 Å². The van der Waals surface area contributed by atoms with Gasteiger partial charge in [-0.2, -0.15) is 0 Å². The first-order valence-electron chi connectivity index (χ1n) is 20.2. The Balaban J connectivity index is 0.000000125. The normalized spacial score (nSPS) is 11.2. The van der Waals surface area contributed by atoms with Gasteiger partial charge in [-0.1, -0.05) is 94.3 Å². The molecule has 0 saturated carbocycles. The summed E-state index contributed by atoms with van der Waals surface area (Å²) in [4.78, 5) is 0. The quantitative estimate of drug-likeness (QED) is 0.0834. The van der Waals surface area contributed by atoms with Crippen LogP contribution in [0.15, 0.2) is 171 Å². The Morgan fingerprint density at radius 2 is 0.985 bits per heavy atom. The fraction of sp³-hybridized carbons (Fsp3) is 0.0417. The van der Waals surface area contributed by atoms with Crippen LogP contribution >= 0.6 is 36.7 Å². The molecule has 328 valence electrons. The van der Waals surface area contributed by atoms with Gasteiger partial charge in [0, 0.05) is 23.3 Å². The van der Waals surface area contributed by atoms with Gasteiger partial charge in [0.05, 0.1) is 16.2 Å². The first kappa shape index (κ1) is 43.1. The molecule has 3 aromatic heterocycles. The predicted octanol–water partition coefficient (Wildman–Crippen LogP) is 11.6. The largest absolute Gasteiger partial charge is 0.454 e. The van der Waals surface area contributed by atoms with Gasteiger partial charge < -0.3 is 54.9 Å². The second-order valence-electron chi connectivity index (χ2n) is 14.3. The summed E-state index contributed by atoms with van der Waals surface area (Å²) in [6.07, 6.45) is 0. The van der Waals surface area contributed by atoms with Crippen LogP contribution in [0.4, 0.5) is 33.2 Å². The summed E-state index contributed by atoms with van der Waals surface area (Å²) >= 11 is 15.9. The maximum absolute atomic E-state index is 12.8. The van der Waals surface area contributed by atoms with E-state index in [1.54, 1.807) is 12.1 Å². The van der Waals surface area contributed by atoms with Crippen LogP contribution in [0.5, 0.6) is 11.5 Å². The number of fused-ring (bicyclic) bond motifs is 5. The van der Waals surface area contributed by atoms with Crippen molar-refractivity contribution >= 4 is 124 Å². The number of thiocarbonyl (C=S) groups is 3. The Morgan fingerprint density at radius 1 is 0.485 bits per heavy atom. The first-order valence-corrected chi connectivity index (χ1v) is 21.4. The van der Waals surface area contributed by atoms with E-state index in [1.165, 1.54) is 12.1 Å². The van der Waals surface area contributed by atoms with Crippen molar-refractivity contribution in [1.29, 1.82) is 0 Å². The Hall–Kier alpha value is -8.19. The lowest BCUT2D eigenvalue weighted by Gasteiger charge is -2.11. The second-order valence-corrected chi connectivity index (χ2v) is 15.5. The molecule has 0 fully saturated rings. The summed E-state index contributed by atoms with van der Waals surface area (Å²) in [7, 11) is 0. The Morgan fingerprint density at radius 3 is 1.59 bits per heavy atom. The summed E-state index contributed by atoms with van der Waals surface area (Å²) < 4.78 is 39.1. The lowest BCUT2D eigenvalue weighted by Crippen LogP contribution is -2.28. The molecular formula is C48H36FN9O5S3. The van der Waals surface area contributed by atoms with E-state index in [0.717, 1.165) is 55.3 Å². The fourth-order valence-electron chi connectivity index (χ4n) is 6.71. The molecule has 18 heteroatoms. The number of halogens is 1. The molecule has 6 N–H and O–H groups in total. The van der Waals surface area contributed by atoms with Gasteiger partial charge in [-0.15, -0.1) is 0 Å². The topological polar surface area (TPSA) is 169 Å². The van der Waals surface area contributed by atoms with Crippen molar-refractivity contribution in [1.82, 2.24) is 20.8 Å². The molecule has 0 amide bonds. The smallest absolute Gasteiger partial charge is 0.231 e. The predicted molar refractivity (Wildman–Crippen MR) is 268 cm³/mol. The molecule has 0 atom stereocenters. The highest BCUT2D eigenvalue weighted by Gasteiger charge is 2.15. The second kappa shape index (κ2) is 20.1. The number of anilines is 5. The molecule has 1 aliphatic heterocycles. The highest BCUT2D eigenvalue weighted by Crippen LogP contribution is 2.33. The molecule has 0 aliphatic carbocycles. The third kappa shape index (κ3) is 10.4. The van der Waals surface area contributed by atoms with E-state index >= 15 is 0 Å². The Labute approximate surface area is 391 Å². The summed E-state index contributed by atoms with van der Waals surface area (Å²) in [6.45, 7) is 0.837. The lowest BCUT2D eigenvalue weighted by atomic mass is 10.1. The van der Waals surface area contributed by atoms with Crippen LogP contribution in [0.1, 0.15) is 5.56 Å². The zero-order valence-corrected chi connectivity index (χ0v) is 36.9. The summed E-state index contributed by atoms with van der Waals surface area (Å²) in [6, 6.07) is 48.7. The number of para-hydroxylation sites is 3. The zero-order valence-electron chi connectivity index (χ0n) is 34.4. The van der Waals surface area contributed by atoms with Crippen molar-refractivity contribution in [2.45, 2.75) is 6.54 Å². The molecule has 0 bridgehead atoms. The zero-order chi connectivity index (χ0) is 45.2. The third-order valence-corrected chi connectivity index (χ3v) is 10.5. The van der Waals surface area contributed by atoms with Crippen molar-refractivity contribution < 1.29 is 27.4 Å². The van der Waals surface area contributed by atoms with E-state index in [2.05, 4.69) is 65.6 Å². The number of benzene rings is 7. The molecule has 66 heavy (non-hydrogen) atoms. The van der Waals surface area contributed by atoms with E-state index in [1.807, 2.05) is 115 Å². The molecule has 14 nitrogen and oxygen atoms in total. The molecular weight excluding hydrogens is 898 g/mol. The number of nitrogens with zero attached hydrogens (tertiary/aromatic N) is 3. The number of nitrogens with one attached hydrogen (secondary N) is 6. The Kier molecular flexibility index (Phi) is 13.1. The van der Waals surface area contributed by atoms with Gasteiger partial charge in [-0.25, -0.2) is 4.39 Å². The average molecular weight is 934 g/mol. The average Bonchev–Trinajstić information content (AvgIpc) is 4.17. The molecule has 0 spiro atoms. The van der Waals surface area contributed by atoms with Crippen LogP contribution in [0, 0.1) is 5.82 Å².